The van der Waals surface area contributed by atoms with Crippen molar-refractivity contribution in [2.24, 2.45) is 0 Å². The first-order valence-electron chi connectivity index (χ1n) is 8.59. The number of urea groups is 1. The van der Waals surface area contributed by atoms with Gasteiger partial charge in [-0.3, -0.25) is 9.88 Å². The number of aromatic nitrogens is 1. The number of nitrogens with zero attached hydrogens (tertiary/aromatic N) is 2. The highest BCUT2D eigenvalue weighted by atomic mass is 19.1. The van der Waals surface area contributed by atoms with E-state index in [4.69, 9.17) is 0 Å². The van der Waals surface area contributed by atoms with Gasteiger partial charge in [0.25, 0.3) is 0 Å². The summed E-state index contributed by atoms with van der Waals surface area (Å²) in [7, 11) is 0. The first-order chi connectivity index (χ1) is 12.2. The first-order valence-corrected chi connectivity index (χ1v) is 8.59. The Labute approximate surface area is 147 Å². The van der Waals surface area contributed by atoms with Gasteiger partial charge in [-0.1, -0.05) is 12.1 Å². The summed E-state index contributed by atoms with van der Waals surface area (Å²) >= 11 is 0. The van der Waals surface area contributed by atoms with Crippen LogP contribution >= 0.6 is 0 Å². The molecule has 3 rings (SSSR count). The third kappa shape index (κ3) is 5.53. The third-order valence-electron chi connectivity index (χ3n) is 4.44. The quantitative estimate of drug-likeness (QED) is 0.878. The van der Waals surface area contributed by atoms with E-state index >= 15 is 0 Å². The van der Waals surface area contributed by atoms with Crippen molar-refractivity contribution < 1.29 is 9.18 Å². The van der Waals surface area contributed by atoms with Crippen molar-refractivity contribution in [1.29, 1.82) is 0 Å². The molecule has 1 saturated heterocycles. The lowest BCUT2D eigenvalue weighted by atomic mass is 10.0. The van der Waals surface area contributed by atoms with Crippen LogP contribution in [0, 0.1) is 5.82 Å². The number of hydrogen-bond donors (Lipinski definition) is 2. The van der Waals surface area contributed by atoms with Gasteiger partial charge in [0.15, 0.2) is 0 Å². The summed E-state index contributed by atoms with van der Waals surface area (Å²) in [6.07, 6.45) is 5.27. The van der Waals surface area contributed by atoms with Crippen LogP contribution in [0.3, 0.4) is 0 Å². The molecule has 0 unspecified atom stereocenters. The van der Waals surface area contributed by atoms with E-state index in [-0.39, 0.29) is 17.9 Å². The van der Waals surface area contributed by atoms with Crippen LogP contribution in [0.1, 0.15) is 24.0 Å². The second kappa shape index (κ2) is 8.58. The second-order valence-electron chi connectivity index (χ2n) is 6.36. The highest BCUT2D eigenvalue weighted by Gasteiger charge is 2.20. The molecule has 0 saturated carbocycles. The lowest BCUT2D eigenvalue weighted by Crippen LogP contribution is -2.47. The Morgan fingerprint density at radius 2 is 1.76 bits per heavy atom. The predicted molar refractivity (Wildman–Crippen MR) is 94.3 cm³/mol. The van der Waals surface area contributed by atoms with Crippen LogP contribution in [0.15, 0.2) is 48.8 Å². The Kier molecular flexibility index (Phi) is 5.95. The first kappa shape index (κ1) is 17.4. The number of rotatable bonds is 5. The highest BCUT2D eigenvalue weighted by Crippen LogP contribution is 2.14. The lowest BCUT2D eigenvalue weighted by molar-refractivity contribution is 0.186. The van der Waals surface area contributed by atoms with Gasteiger partial charge in [-0.2, -0.15) is 0 Å². The Morgan fingerprint density at radius 1 is 1.08 bits per heavy atom. The predicted octanol–water partition coefficient (Wildman–Crippen LogP) is 2.68. The molecule has 0 bridgehead atoms. The molecule has 0 spiro atoms. The topological polar surface area (TPSA) is 57.3 Å². The van der Waals surface area contributed by atoms with Crippen LogP contribution in [-0.4, -0.2) is 35.0 Å². The Morgan fingerprint density at radius 3 is 2.44 bits per heavy atom. The number of nitrogens with one attached hydrogen (secondary N) is 2. The summed E-state index contributed by atoms with van der Waals surface area (Å²) in [4.78, 5) is 18.3. The number of hydrogen-bond acceptors (Lipinski definition) is 3. The second-order valence-corrected chi connectivity index (χ2v) is 6.36. The summed E-state index contributed by atoms with van der Waals surface area (Å²) in [5.41, 5.74) is 2.14. The van der Waals surface area contributed by atoms with Gasteiger partial charge in [0.2, 0.25) is 0 Å². The van der Waals surface area contributed by atoms with Crippen LogP contribution in [0.5, 0.6) is 0 Å². The van der Waals surface area contributed by atoms with Crippen molar-refractivity contribution >= 4 is 6.03 Å². The molecule has 1 aliphatic heterocycles. The number of benzene rings is 1. The monoisotopic (exact) mass is 342 g/mol. The van der Waals surface area contributed by atoms with Gasteiger partial charge in [-0.05, 0) is 48.2 Å². The summed E-state index contributed by atoms with van der Waals surface area (Å²) in [6.45, 7) is 3.17. The van der Waals surface area contributed by atoms with Gasteiger partial charge in [0, 0.05) is 44.6 Å². The molecule has 2 aromatic rings. The maximum absolute atomic E-state index is 12.9. The molecule has 2 N–H and O–H groups in total. The summed E-state index contributed by atoms with van der Waals surface area (Å²) in [5.74, 6) is -0.204. The maximum atomic E-state index is 12.9. The SMILES string of the molecule is O=C(NCc1ccncc1)NC1CCN(Cc2ccc(F)cc2)CC1. The van der Waals surface area contributed by atoms with E-state index in [1.807, 2.05) is 24.3 Å². The fourth-order valence-corrected chi connectivity index (χ4v) is 3.00. The molecule has 25 heavy (non-hydrogen) atoms. The zero-order valence-electron chi connectivity index (χ0n) is 14.1. The van der Waals surface area contributed by atoms with Gasteiger partial charge in [-0.25, -0.2) is 9.18 Å². The molecule has 0 atom stereocenters. The average Bonchev–Trinajstić information content (AvgIpc) is 2.64. The van der Waals surface area contributed by atoms with Crippen molar-refractivity contribution in [3.63, 3.8) is 0 Å². The average molecular weight is 342 g/mol. The van der Waals surface area contributed by atoms with E-state index in [2.05, 4.69) is 20.5 Å². The largest absolute Gasteiger partial charge is 0.335 e. The van der Waals surface area contributed by atoms with Crippen LogP contribution in [0.4, 0.5) is 9.18 Å². The van der Waals surface area contributed by atoms with Crippen molar-refractivity contribution in [1.82, 2.24) is 20.5 Å². The standard InChI is InChI=1S/C19H23FN4O/c20-17-3-1-16(2-4-17)14-24-11-7-18(8-12-24)23-19(25)22-13-15-5-9-21-10-6-15/h1-6,9-10,18H,7-8,11-14H2,(H2,22,23,25). The fourth-order valence-electron chi connectivity index (χ4n) is 3.00. The van der Waals surface area contributed by atoms with Gasteiger partial charge >= 0.3 is 6.03 Å². The molecular weight excluding hydrogens is 319 g/mol. The molecule has 2 heterocycles. The molecule has 1 aromatic carbocycles. The van der Waals surface area contributed by atoms with Crippen molar-refractivity contribution in [3.05, 3.63) is 65.7 Å². The van der Waals surface area contributed by atoms with Crippen LogP contribution in [0.25, 0.3) is 0 Å². The van der Waals surface area contributed by atoms with E-state index in [1.165, 1.54) is 12.1 Å². The Balaban J connectivity index is 1.37. The van der Waals surface area contributed by atoms with E-state index in [0.29, 0.717) is 6.54 Å². The zero-order chi connectivity index (χ0) is 17.5. The number of likely N-dealkylation sites (tertiary alicyclic amines) is 1. The maximum Gasteiger partial charge on any atom is 0.315 e. The molecule has 1 aliphatic rings. The van der Waals surface area contributed by atoms with Gasteiger partial charge in [0.05, 0.1) is 0 Å². The molecule has 6 heteroatoms. The Hall–Kier alpha value is -2.47. The number of halogens is 1. The molecule has 1 fully saturated rings. The van der Waals surface area contributed by atoms with E-state index in [0.717, 1.165) is 43.6 Å². The van der Waals surface area contributed by atoms with Gasteiger partial charge in [-0.15, -0.1) is 0 Å². The molecule has 132 valence electrons. The normalized spacial score (nSPS) is 15.7. The number of amides is 2. The minimum Gasteiger partial charge on any atom is -0.335 e. The number of pyridine rings is 1. The molecule has 0 radical (unpaired) electrons. The highest BCUT2D eigenvalue weighted by molar-refractivity contribution is 5.74. The van der Waals surface area contributed by atoms with E-state index < -0.39 is 0 Å². The van der Waals surface area contributed by atoms with Crippen LogP contribution < -0.4 is 10.6 Å². The van der Waals surface area contributed by atoms with Crippen LogP contribution in [0.2, 0.25) is 0 Å². The molecule has 1 aromatic heterocycles. The minimum atomic E-state index is -0.204. The number of carbonyl (C=O) groups is 1. The van der Waals surface area contributed by atoms with Gasteiger partial charge in [0.1, 0.15) is 5.82 Å². The molecule has 2 amide bonds. The van der Waals surface area contributed by atoms with Crippen molar-refractivity contribution in [2.45, 2.75) is 32.0 Å². The lowest BCUT2D eigenvalue weighted by Gasteiger charge is -2.32. The third-order valence-corrected chi connectivity index (χ3v) is 4.44. The summed E-state index contributed by atoms with van der Waals surface area (Å²) < 4.78 is 12.9. The zero-order valence-corrected chi connectivity index (χ0v) is 14.1. The van der Waals surface area contributed by atoms with Crippen LogP contribution in [-0.2, 0) is 13.1 Å². The van der Waals surface area contributed by atoms with E-state index in [9.17, 15) is 9.18 Å². The van der Waals surface area contributed by atoms with Crippen molar-refractivity contribution in [3.8, 4) is 0 Å². The molecule has 5 nitrogen and oxygen atoms in total. The number of piperidine rings is 1. The summed E-state index contributed by atoms with van der Waals surface area (Å²) in [5, 5.41) is 5.91. The Bertz CT molecular complexity index is 670. The molecule has 0 aliphatic carbocycles. The summed E-state index contributed by atoms with van der Waals surface area (Å²) in [6, 6.07) is 10.5. The van der Waals surface area contributed by atoms with E-state index in [1.54, 1.807) is 12.4 Å². The fraction of sp³-hybridized carbons (Fsp3) is 0.368. The smallest absolute Gasteiger partial charge is 0.315 e. The number of carbonyl (C=O) groups excluding carboxylic acids is 1. The van der Waals surface area contributed by atoms with Gasteiger partial charge < -0.3 is 10.6 Å². The van der Waals surface area contributed by atoms with Crippen molar-refractivity contribution in [2.75, 3.05) is 13.1 Å². The molecular formula is C19H23FN4O. The minimum absolute atomic E-state index is 0.131.